The van der Waals surface area contributed by atoms with Gasteiger partial charge in [0.05, 0.1) is 16.7 Å². The Hall–Kier alpha value is -2.29. The van der Waals surface area contributed by atoms with Crippen LogP contribution in [0.4, 0.5) is 0 Å². The fraction of sp³-hybridized carbons (Fsp3) is 0.118. The van der Waals surface area contributed by atoms with E-state index in [9.17, 15) is 0 Å². The second kappa shape index (κ2) is 6.86. The van der Waals surface area contributed by atoms with Crippen LogP contribution in [0.1, 0.15) is 11.1 Å². The lowest BCUT2D eigenvalue weighted by Crippen LogP contribution is -1.95. The average molecular weight is 341 g/mol. The lowest BCUT2D eigenvalue weighted by atomic mass is 10.2. The molecular formula is C17H13ClN4S. The first kappa shape index (κ1) is 15.6. The van der Waals surface area contributed by atoms with Crippen LogP contribution in [0.5, 0.6) is 0 Å². The van der Waals surface area contributed by atoms with E-state index in [1.54, 1.807) is 11.8 Å². The van der Waals surface area contributed by atoms with Gasteiger partial charge in [0, 0.05) is 18.4 Å². The highest BCUT2D eigenvalue weighted by molar-refractivity contribution is 7.98. The summed E-state index contributed by atoms with van der Waals surface area (Å²) >= 11 is 7.83. The number of rotatable bonds is 4. The van der Waals surface area contributed by atoms with Crippen molar-refractivity contribution in [1.29, 1.82) is 5.26 Å². The van der Waals surface area contributed by atoms with Gasteiger partial charge in [-0.05, 0) is 29.8 Å². The maximum Gasteiger partial charge on any atom is 0.191 e. The van der Waals surface area contributed by atoms with Crippen molar-refractivity contribution in [2.45, 2.75) is 10.9 Å². The molecule has 0 N–H and O–H groups in total. The molecule has 114 valence electrons. The molecule has 0 saturated heterocycles. The Morgan fingerprint density at radius 2 is 1.87 bits per heavy atom. The van der Waals surface area contributed by atoms with Gasteiger partial charge in [0.15, 0.2) is 11.0 Å². The fourth-order valence-electron chi connectivity index (χ4n) is 2.14. The molecule has 1 aromatic heterocycles. The lowest BCUT2D eigenvalue weighted by Gasteiger charge is -2.05. The average Bonchev–Trinajstić information content (AvgIpc) is 2.94. The third-order valence-corrected chi connectivity index (χ3v) is 4.82. The molecule has 4 nitrogen and oxygen atoms in total. The zero-order valence-corrected chi connectivity index (χ0v) is 14.0. The Morgan fingerprint density at radius 1 is 1.13 bits per heavy atom. The van der Waals surface area contributed by atoms with Crippen LogP contribution in [0.2, 0.25) is 5.02 Å². The van der Waals surface area contributed by atoms with Crippen molar-refractivity contribution in [3.05, 3.63) is 64.7 Å². The van der Waals surface area contributed by atoms with Gasteiger partial charge in [-0.1, -0.05) is 47.6 Å². The minimum absolute atomic E-state index is 0.659. The first-order chi connectivity index (χ1) is 11.2. The molecule has 0 fully saturated rings. The van der Waals surface area contributed by atoms with Crippen LogP contribution in [-0.2, 0) is 12.8 Å². The second-order valence-electron chi connectivity index (χ2n) is 4.94. The van der Waals surface area contributed by atoms with Crippen molar-refractivity contribution in [3.63, 3.8) is 0 Å². The molecule has 23 heavy (non-hydrogen) atoms. The van der Waals surface area contributed by atoms with Crippen molar-refractivity contribution >= 4 is 23.4 Å². The Morgan fingerprint density at radius 3 is 2.57 bits per heavy atom. The minimum atomic E-state index is 0.659. The summed E-state index contributed by atoms with van der Waals surface area (Å²) in [5.41, 5.74) is 2.67. The Balaban J connectivity index is 1.77. The normalized spacial score (nSPS) is 10.5. The van der Waals surface area contributed by atoms with E-state index in [0.29, 0.717) is 10.6 Å². The molecule has 0 atom stereocenters. The summed E-state index contributed by atoms with van der Waals surface area (Å²) in [5, 5.41) is 18.8. The summed E-state index contributed by atoms with van der Waals surface area (Å²) in [5.74, 6) is 1.51. The SMILES string of the molecule is Cn1c(SCc2ccc(C#N)cc2)nnc1-c1ccccc1Cl. The molecule has 0 radical (unpaired) electrons. The van der Waals surface area contributed by atoms with E-state index in [1.165, 1.54) is 0 Å². The zero-order valence-electron chi connectivity index (χ0n) is 12.4. The molecule has 3 aromatic rings. The van der Waals surface area contributed by atoms with Crippen molar-refractivity contribution < 1.29 is 0 Å². The quantitative estimate of drug-likeness (QED) is 0.664. The third kappa shape index (κ3) is 3.39. The molecular weight excluding hydrogens is 328 g/mol. The minimum Gasteiger partial charge on any atom is -0.305 e. The first-order valence-electron chi connectivity index (χ1n) is 6.95. The number of benzene rings is 2. The van der Waals surface area contributed by atoms with Crippen LogP contribution in [0, 0.1) is 11.3 Å². The first-order valence-corrected chi connectivity index (χ1v) is 8.31. The van der Waals surface area contributed by atoms with Gasteiger partial charge in [0.2, 0.25) is 0 Å². The number of aromatic nitrogens is 3. The molecule has 2 aromatic carbocycles. The number of nitriles is 1. The number of hydrogen-bond acceptors (Lipinski definition) is 4. The van der Waals surface area contributed by atoms with Crippen LogP contribution in [0.15, 0.2) is 53.7 Å². The lowest BCUT2D eigenvalue weighted by molar-refractivity contribution is 0.794. The Labute approximate surface area is 143 Å². The molecule has 0 unspecified atom stereocenters. The second-order valence-corrected chi connectivity index (χ2v) is 6.29. The number of hydrogen-bond donors (Lipinski definition) is 0. The van der Waals surface area contributed by atoms with Gasteiger partial charge < -0.3 is 4.57 Å². The van der Waals surface area contributed by atoms with E-state index in [1.807, 2.05) is 60.1 Å². The van der Waals surface area contributed by atoms with Gasteiger partial charge in [0.25, 0.3) is 0 Å². The molecule has 3 rings (SSSR count). The highest BCUT2D eigenvalue weighted by atomic mass is 35.5. The molecule has 0 saturated carbocycles. The predicted octanol–water partition coefficient (Wildman–Crippen LogP) is 4.30. The summed E-state index contributed by atoms with van der Waals surface area (Å²) in [4.78, 5) is 0. The van der Waals surface area contributed by atoms with E-state index >= 15 is 0 Å². The summed E-state index contributed by atoms with van der Waals surface area (Å²) in [6.07, 6.45) is 0. The summed E-state index contributed by atoms with van der Waals surface area (Å²) in [6.45, 7) is 0. The van der Waals surface area contributed by atoms with E-state index in [0.717, 1.165) is 27.9 Å². The third-order valence-electron chi connectivity index (χ3n) is 3.40. The smallest absolute Gasteiger partial charge is 0.191 e. The van der Waals surface area contributed by atoms with Crippen LogP contribution < -0.4 is 0 Å². The van der Waals surface area contributed by atoms with Crippen LogP contribution in [0.25, 0.3) is 11.4 Å². The molecule has 0 spiro atoms. The van der Waals surface area contributed by atoms with Gasteiger partial charge in [-0.15, -0.1) is 10.2 Å². The highest BCUT2D eigenvalue weighted by Crippen LogP contribution is 2.29. The van der Waals surface area contributed by atoms with Gasteiger partial charge in [0.1, 0.15) is 0 Å². The van der Waals surface area contributed by atoms with E-state index in [-0.39, 0.29) is 0 Å². The van der Waals surface area contributed by atoms with Gasteiger partial charge >= 0.3 is 0 Å². The van der Waals surface area contributed by atoms with Crippen molar-refractivity contribution in [2.24, 2.45) is 7.05 Å². The van der Waals surface area contributed by atoms with Gasteiger partial charge in [-0.25, -0.2) is 0 Å². The number of thioether (sulfide) groups is 1. The Kier molecular flexibility index (Phi) is 4.65. The zero-order chi connectivity index (χ0) is 16.2. The topological polar surface area (TPSA) is 54.5 Å². The summed E-state index contributed by atoms with van der Waals surface area (Å²) in [7, 11) is 1.93. The molecule has 0 bridgehead atoms. The fourth-order valence-corrected chi connectivity index (χ4v) is 3.23. The molecule has 0 aliphatic carbocycles. The predicted molar refractivity (Wildman–Crippen MR) is 92.2 cm³/mol. The Bertz CT molecular complexity index is 865. The number of nitrogens with zero attached hydrogens (tertiary/aromatic N) is 4. The standard InChI is InChI=1S/C17H13ClN4S/c1-22-16(14-4-2-3-5-15(14)18)20-21-17(22)23-11-13-8-6-12(10-19)7-9-13/h2-9H,11H2,1H3. The molecule has 0 amide bonds. The van der Waals surface area contributed by atoms with E-state index in [2.05, 4.69) is 16.3 Å². The van der Waals surface area contributed by atoms with E-state index in [4.69, 9.17) is 16.9 Å². The monoisotopic (exact) mass is 340 g/mol. The summed E-state index contributed by atoms with van der Waals surface area (Å²) < 4.78 is 1.94. The molecule has 0 aliphatic heterocycles. The molecule has 1 heterocycles. The molecule has 0 aliphatic rings. The van der Waals surface area contributed by atoms with Crippen LogP contribution in [0.3, 0.4) is 0 Å². The molecule has 6 heteroatoms. The maximum atomic E-state index is 8.82. The van der Waals surface area contributed by atoms with Crippen molar-refractivity contribution in [3.8, 4) is 17.5 Å². The number of halogens is 1. The summed E-state index contributed by atoms with van der Waals surface area (Å²) in [6, 6.07) is 17.3. The highest BCUT2D eigenvalue weighted by Gasteiger charge is 2.13. The largest absolute Gasteiger partial charge is 0.305 e. The van der Waals surface area contributed by atoms with Crippen LogP contribution >= 0.6 is 23.4 Å². The van der Waals surface area contributed by atoms with E-state index < -0.39 is 0 Å². The van der Waals surface area contributed by atoms with Gasteiger partial charge in [-0.3, -0.25) is 0 Å². The van der Waals surface area contributed by atoms with Crippen molar-refractivity contribution in [2.75, 3.05) is 0 Å². The van der Waals surface area contributed by atoms with Crippen LogP contribution in [-0.4, -0.2) is 14.8 Å². The van der Waals surface area contributed by atoms with Crippen molar-refractivity contribution in [1.82, 2.24) is 14.8 Å². The maximum absolute atomic E-state index is 8.82. The van der Waals surface area contributed by atoms with Gasteiger partial charge in [-0.2, -0.15) is 5.26 Å².